The largest absolute Gasteiger partial charge is 0.493 e. The van der Waals surface area contributed by atoms with E-state index < -0.39 is 0 Å². The molecule has 0 aromatic heterocycles. The predicted molar refractivity (Wildman–Crippen MR) is 79.4 cm³/mol. The Hall–Kier alpha value is -1.26. The Bertz CT molecular complexity index is 434. The van der Waals surface area contributed by atoms with Crippen LogP contribution in [0.4, 0.5) is 0 Å². The minimum absolute atomic E-state index is 0.0969. The number of rotatable bonds is 5. The van der Waals surface area contributed by atoms with E-state index in [0.717, 1.165) is 42.9 Å². The van der Waals surface area contributed by atoms with Crippen molar-refractivity contribution >= 4 is 0 Å². The molecule has 1 aromatic rings. The van der Waals surface area contributed by atoms with Crippen LogP contribution in [0.15, 0.2) is 18.2 Å². The molecule has 4 nitrogen and oxygen atoms in total. The molecule has 112 valence electrons. The highest BCUT2D eigenvalue weighted by atomic mass is 16.5. The lowest BCUT2D eigenvalue weighted by Crippen LogP contribution is -2.35. The normalized spacial score (nSPS) is 19.7. The van der Waals surface area contributed by atoms with Gasteiger partial charge in [-0.05, 0) is 44.7 Å². The molecule has 1 heterocycles. The van der Waals surface area contributed by atoms with Gasteiger partial charge in [-0.1, -0.05) is 12.1 Å². The molecule has 4 heteroatoms. The Kier molecular flexibility index (Phi) is 4.89. The van der Waals surface area contributed by atoms with Crippen molar-refractivity contribution in [2.24, 2.45) is 5.73 Å². The van der Waals surface area contributed by atoms with E-state index in [4.69, 9.17) is 19.9 Å². The van der Waals surface area contributed by atoms with E-state index in [1.807, 2.05) is 26.0 Å². The topological polar surface area (TPSA) is 53.7 Å². The van der Waals surface area contributed by atoms with Crippen LogP contribution in [-0.4, -0.2) is 32.0 Å². The van der Waals surface area contributed by atoms with Gasteiger partial charge in [0.05, 0.1) is 13.7 Å². The molecule has 1 aliphatic rings. The van der Waals surface area contributed by atoms with Gasteiger partial charge in [-0.25, -0.2) is 0 Å². The Morgan fingerprint density at radius 1 is 1.40 bits per heavy atom. The average molecular weight is 279 g/mol. The Morgan fingerprint density at radius 2 is 2.20 bits per heavy atom. The Morgan fingerprint density at radius 3 is 2.80 bits per heavy atom. The second-order valence-electron chi connectivity index (χ2n) is 6.07. The third-order valence-corrected chi connectivity index (χ3v) is 3.33. The van der Waals surface area contributed by atoms with Gasteiger partial charge in [-0.3, -0.25) is 0 Å². The number of benzene rings is 1. The second kappa shape index (κ2) is 6.46. The molecule has 0 spiro atoms. The molecule has 1 atom stereocenters. The van der Waals surface area contributed by atoms with E-state index >= 15 is 0 Å². The predicted octanol–water partition coefficient (Wildman–Crippen LogP) is 2.53. The lowest BCUT2D eigenvalue weighted by Gasteiger charge is -2.27. The highest BCUT2D eigenvalue weighted by Crippen LogP contribution is 2.34. The molecule has 0 amide bonds. The summed E-state index contributed by atoms with van der Waals surface area (Å²) in [5.74, 6) is 1.57. The molecule has 0 radical (unpaired) electrons. The lowest BCUT2D eigenvalue weighted by molar-refractivity contribution is 0.00596. The zero-order valence-corrected chi connectivity index (χ0v) is 12.6. The van der Waals surface area contributed by atoms with Gasteiger partial charge in [-0.2, -0.15) is 0 Å². The summed E-state index contributed by atoms with van der Waals surface area (Å²) in [4.78, 5) is 0. The molecule has 1 aliphatic heterocycles. The van der Waals surface area contributed by atoms with Crippen LogP contribution in [0.25, 0.3) is 0 Å². The van der Waals surface area contributed by atoms with E-state index in [0.29, 0.717) is 6.61 Å². The van der Waals surface area contributed by atoms with Gasteiger partial charge in [0.15, 0.2) is 11.5 Å². The monoisotopic (exact) mass is 279 g/mol. The first-order chi connectivity index (χ1) is 9.49. The lowest BCUT2D eigenvalue weighted by atomic mass is 9.95. The molecular weight excluding hydrogens is 254 g/mol. The van der Waals surface area contributed by atoms with Crippen molar-refractivity contribution in [3.63, 3.8) is 0 Å². The third kappa shape index (κ3) is 4.12. The highest BCUT2D eigenvalue weighted by molar-refractivity contribution is 5.47. The molecule has 0 saturated carbocycles. The summed E-state index contributed by atoms with van der Waals surface area (Å²) < 4.78 is 17.1. The number of para-hydroxylation sites is 1. The van der Waals surface area contributed by atoms with E-state index in [2.05, 4.69) is 6.07 Å². The molecular formula is C16H25NO3. The van der Waals surface area contributed by atoms with Gasteiger partial charge in [0.1, 0.15) is 6.10 Å². The fourth-order valence-corrected chi connectivity index (χ4v) is 2.46. The van der Waals surface area contributed by atoms with Gasteiger partial charge in [0, 0.05) is 12.1 Å². The molecule has 0 aliphatic carbocycles. The van der Waals surface area contributed by atoms with Gasteiger partial charge < -0.3 is 19.9 Å². The van der Waals surface area contributed by atoms with Crippen molar-refractivity contribution in [2.75, 3.05) is 20.3 Å². The minimum Gasteiger partial charge on any atom is -0.493 e. The molecule has 1 aromatic carbocycles. The van der Waals surface area contributed by atoms with Crippen molar-refractivity contribution in [3.8, 4) is 11.5 Å². The van der Waals surface area contributed by atoms with E-state index in [9.17, 15) is 0 Å². The molecule has 2 N–H and O–H groups in total. The maximum Gasteiger partial charge on any atom is 0.164 e. The van der Waals surface area contributed by atoms with Crippen LogP contribution in [0, 0.1) is 0 Å². The summed E-state index contributed by atoms with van der Waals surface area (Å²) in [7, 11) is 1.66. The molecule has 1 unspecified atom stereocenters. The molecule has 2 rings (SSSR count). The Balaban J connectivity index is 2.22. The third-order valence-electron chi connectivity index (χ3n) is 3.33. The van der Waals surface area contributed by atoms with Crippen LogP contribution in [0.1, 0.15) is 32.3 Å². The standard InChI is InChI=1S/C16H25NO3/c1-16(2,17)10-12-6-4-8-14(18-3)15(12)20-13-7-5-9-19-11-13/h4,6,8,13H,5,7,9-11,17H2,1-3H3. The molecule has 1 saturated heterocycles. The van der Waals surface area contributed by atoms with Crippen LogP contribution in [0.5, 0.6) is 11.5 Å². The van der Waals surface area contributed by atoms with Crippen molar-refractivity contribution < 1.29 is 14.2 Å². The minimum atomic E-state index is -0.284. The smallest absolute Gasteiger partial charge is 0.164 e. The summed E-state index contributed by atoms with van der Waals surface area (Å²) in [6.45, 7) is 5.50. The van der Waals surface area contributed by atoms with Crippen LogP contribution < -0.4 is 15.2 Å². The summed E-state index contributed by atoms with van der Waals surface area (Å²) in [5, 5.41) is 0. The van der Waals surface area contributed by atoms with Gasteiger partial charge in [0.2, 0.25) is 0 Å². The maximum absolute atomic E-state index is 6.15. The zero-order valence-electron chi connectivity index (χ0n) is 12.6. The number of hydrogen-bond acceptors (Lipinski definition) is 4. The van der Waals surface area contributed by atoms with Crippen LogP contribution in [-0.2, 0) is 11.2 Å². The molecule has 1 fully saturated rings. The maximum atomic E-state index is 6.15. The Labute approximate surface area is 121 Å². The van der Waals surface area contributed by atoms with E-state index in [-0.39, 0.29) is 11.6 Å². The molecule has 0 bridgehead atoms. The van der Waals surface area contributed by atoms with E-state index in [1.165, 1.54) is 0 Å². The summed E-state index contributed by atoms with van der Waals surface area (Å²) in [5.41, 5.74) is 6.94. The van der Waals surface area contributed by atoms with Crippen LogP contribution in [0.2, 0.25) is 0 Å². The number of hydrogen-bond donors (Lipinski definition) is 1. The zero-order chi connectivity index (χ0) is 14.6. The first-order valence-corrected chi connectivity index (χ1v) is 7.19. The van der Waals surface area contributed by atoms with Crippen molar-refractivity contribution in [1.29, 1.82) is 0 Å². The van der Waals surface area contributed by atoms with E-state index in [1.54, 1.807) is 7.11 Å². The van der Waals surface area contributed by atoms with Crippen LogP contribution in [0.3, 0.4) is 0 Å². The SMILES string of the molecule is COc1cccc(CC(C)(C)N)c1OC1CCCOC1. The first kappa shape index (κ1) is 15.1. The van der Waals surface area contributed by atoms with Crippen LogP contribution >= 0.6 is 0 Å². The summed E-state index contributed by atoms with van der Waals surface area (Å²) in [6.07, 6.45) is 2.90. The number of methoxy groups -OCH3 is 1. The fourth-order valence-electron chi connectivity index (χ4n) is 2.46. The fraction of sp³-hybridized carbons (Fsp3) is 0.625. The summed E-state index contributed by atoms with van der Waals surface area (Å²) >= 11 is 0. The van der Waals surface area contributed by atoms with Crippen molar-refractivity contribution in [1.82, 2.24) is 0 Å². The van der Waals surface area contributed by atoms with Gasteiger partial charge in [0.25, 0.3) is 0 Å². The van der Waals surface area contributed by atoms with Gasteiger partial charge in [-0.15, -0.1) is 0 Å². The van der Waals surface area contributed by atoms with Crippen molar-refractivity contribution in [2.45, 2.75) is 44.8 Å². The summed E-state index contributed by atoms with van der Waals surface area (Å²) in [6, 6.07) is 5.95. The molecule has 20 heavy (non-hydrogen) atoms. The number of nitrogens with two attached hydrogens (primary N) is 1. The number of ether oxygens (including phenoxy) is 3. The first-order valence-electron chi connectivity index (χ1n) is 7.19. The quantitative estimate of drug-likeness (QED) is 0.900. The average Bonchev–Trinajstić information content (AvgIpc) is 2.40. The second-order valence-corrected chi connectivity index (χ2v) is 6.07. The van der Waals surface area contributed by atoms with Gasteiger partial charge >= 0.3 is 0 Å². The van der Waals surface area contributed by atoms with Crippen molar-refractivity contribution in [3.05, 3.63) is 23.8 Å². The highest BCUT2D eigenvalue weighted by Gasteiger charge is 2.22.